The van der Waals surface area contributed by atoms with E-state index in [4.69, 9.17) is 4.74 Å². The lowest BCUT2D eigenvalue weighted by Gasteiger charge is -2.18. The Morgan fingerprint density at radius 1 is 1.21 bits per heavy atom. The van der Waals surface area contributed by atoms with Gasteiger partial charge in [-0.15, -0.1) is 0 Å². The molecule has 0 radical (unpaired) electrons. The largest absolute Gasteiger partial charge is 0.477 e. The Morgan fingerprint density at radius 2 is 1.86 bits per heavy atom. The highest BCUT2D eigenvalue weighted by atomic mass is 16.5. The predicted octanol–water partition coefficient (Wildman–Crippen LogP) is 3.12. The molecule has 0 saturated carbocycles. The topological polar surface area (TPSA) is 22.1 Å². The second kappa shape index (κ2) is 3.99. The van der Waals surface area contributed by atoms with E-state index in [0.717, 1.165) is 5.88 Å². The summed E-state index contributed by atoms with van der Waals surface area (Å²) in [4.78, 5) is 4.22. The molecule has 2 nitrogen and oxygen atoms in total. The third-order valence-electron chi connectivity index (χ3n) is 2.00. The average molecular weight is 193 g/mol. The van der Waals surface area contributed by atoms with Crippen LogP contribution in [0.15, 0.2) is 12.3 Å². The normalized spacial score (nSPS) is 11.5. The number of aryl methyl sites for hydroxylation is 2. The number of aromatic nitrogens is 1. The molecule has 1 heterocycles. The van der Waals surface area contributed by atoms with Gasteiger partial charge in [-0.25, -0.2) is 4.98 Å². The lowest BCUT2D eigenvalue weighted by atomic mass is 9.99. The molecule has 2 heteroatoms. The quantitative estimate of drug-likeness (QED) is 0.720. The molecule has 0 fully saturated rings. The number of pyridine rings is 1. The van der Waals surface area contributed by atoms with Crippen molar-refractivity contribution in [3.63, 3.8) is 0 Å². The van der Waals surface area contributed by atoms with Gasteiger partial charge in [0.05, 0.1) is 6.61 Å². The lowest BCUT2D eigenvalue weighted by molar-refractivity contribution is 0.191. The highest BCUT2D eigenvalue weighted by molar-refractivity contribution is 5.26. The summed E-state index contributed by atoms with van der Waals surface area (Å²) < 4.78 is 5.60. The molecular weight excluding hydrogens is 174 g/mol. The van der Waals surface area contributed by atoms with E-state index in [-0.39, 0.29) is 5.41 Å². The molecule has 1 aromatic rings. The fourth-order valence-electron chi connectivity index (χ4n) is 0.968. The van der Waals surface area contributed by atoms with Gasteiger partial charge >= 0.3 is 0 Å². The zero-order valence-electron chi connectivity index (χ0n) is 9.72. The molecule has 1 rings (SSSR count). The van der Waals surface area contributed by atoms with E-state index >= 15 is 0 Å². The first-order valence-corrected chi connectivity index (χ1v) is 4.94. The maximum absolute atomic E-state index is 5.60. The Labute approximate surface area is 86.3 Å². The summed E-state index contributed by atoms with van der Waals surface area (Å²) in [6.45, 7) is 11.3. The van der Waals surface area contributed by atoms with Gasteiger partial charge in [-0.1, -0.05) is 20.8 Å². The Bertz CT molecular complexity index is 313. The molecule has 0 aliphatic heterocycles. The van der Waals surface area contributed by atoms with Crippen molar-refractivity contribution < 1.29 is 4.74 Å². The molecule has 0 aliphatic rings. The van der Waals surface area contributed by atoms with Crippen LogP contribution in [0.25, 0.3) is 0 Å². The standard InChI is InChI=1S/C12H19NO/c1-9-6-11(13-7-10(9)2)14-8-12(3,4)5/h6-7H,8H2,1-5H3. The lowest BCUT2D eigenvalue weighted by Crippen LogP contribution is -2.17. The maximum Gasteiger partial charge on any atom is 0.213 e. The second-order valence-electron chi connectivity index (χ2n) is 4.96. The van der Waals surface area contributed by atoms with Crippen LogP contribution in [-0.4, -0.2) is 11.6 Å². The highest BCUT2D eigenvalue weighted by Gasteiger charge is 2.11. The van der Waals surface area contributed by atoms with Crippen molar-refractivity contribution in [1.82, 2.24) is 4.98 Å². The van der Waals surface area contributed by atoms with Crippen LogP contribution in [0.4, 0.5) is 0 Å². The predicted molar refractivity (Wildman–Crippen MR) is 58.7 cm³/mol. The van der Waals surface area contributed by atoms with E-state index in [1.54, 1.807) is 0 Å². The second-order valence-corrected chi connectivity index (χ2v) is 4.96. The molecule has 0 atom stereocenters. The number of hydrogen-bond acceptors (Lipinski definition) is 2. The minimum absolute atomic E-state index is 0.181. The van der Waals surface area contributed by atoms with E-state index in [0.29, 0.717) is 6.61 Å². The number of hydrogen-bond donors (Lipinski definition) is 0. The van der Waals surface area contributed by atoms with Crippen molar-refractivity contribution in [2.45, 2.75) is 34.6 Å². The third kappa shape index (κ3) is 3.36. The molecule has 1 aromatic heterocycles. The molecule has 78 valence electrons. The van der Waals surface area contributed by atoms with Gasteiger partial charge < -0.3 is 4.74 Å². The van der Waals surface area contributed by atoms with Gasteiger partial charge in [0.15, 0.2) is 0 Å². The van der Waals surface area contributed by atoms with Gasteiger partial charge in [-0.3, -0.25) is 0 Å². The van der Waals surface area contributed by atoms with Crippen LogP contribution in [0.2, 0.25) is 0 Å². The fraction of sp³-hybridized carbons (Fsp3) is 0.583. The van der Waals surface area contributed by atoms with Crippen LogP contribution in [0.1, 0.15) is 31.9 Å². The van der Waals surface area contributed by atoms with Gasteiger partial charge in [0.2, 0.25) is 5.88 Å². The first-order chi connectivity index (χ1) is 6.38. The van der Waals surface area contributed by atoms with Crippen LogP contribution in [-0.2, 0) is 0 Å². The van der Waals surface area contributed by atoms with Crippen molar-refractivity contribution in [3.05, 3.63) is 23.4 Å². The van der Waals surface area contributed by atoms with Crippen molar-refractivity contribution in [3.8, 4) is 5.88 Å². The molecule has 0 aliphatic carbocycles. The maximum atomic E-state index is 5.60. The minimum Gasteiger partial charge on any atom is -0.477 e. The third-order valence-corrected chi connectivity index (χ3v) is 2.00. The zero-order chi connectivity index (χ0) is 10.8. The van der Waals surface area contributed by atoms with Crippen molar-refractivity contribution in [1.29, 1.82) is 0 Å². The number of rotatable bonds is 2. The Kier molecular flexibility index (Phi) is 3.14. The zero-order valence-corrected chi connectivity index (χ0v) is 9.72. The number of ether oxygens (including phenoxy) is 1. The highest BCUT2D eigenvalue weighted by Crippen LogP contribution is 2.17. The van der Waals surface area contributed by atoms with E-state index in [1.165, 1.54) is 11.1 Å². The van der Waals surface area contributed by atoms with Crippen molar-refractivity contribution >= 4 is 0 Å². The molecule has 0 saturated heterocycles. The summed E-state index contributed by atoms with van der Waals surface area (Å²) in [5.74, 6) is 0.725. The van der Waals surface area contributed by atoms with Gasteiger partial charge in [0.25, 0.3) is 0 Å². The molecule has 0 unspecified atom stereocenters. The summed E-state index contributed by atoms with van der Waals surface area (Å²) >= 11 is 0. The summed E-state index contributed by atoms with van der Waals surface area (Å²) in [5, 5.41) is 0. The number of nitrogens with zero attached hydrogens (tertiary/aromatic N) is 1. The molecule has 0 amide bonds. The summed E-state index contributed by atoms with van der Waals surface area (Å²) in [6.07, 6.45) is 1.85. The Morgan fingerprint density at radius 3 is 2.36 bits per heavy atom. The van der Waals surface area contributed by atoms with E-state index < -0.39 is 0 Å². The molecule has 0 bridgehead atoms. The van der Waals surface area contributed by atoms with E-state index in [2.05, 4.69) is 39.6 Å². The SMILES string of the molecule is Cc1cnc(OCC(C)(C)C)cc1C. The monoisotopic (exact) mass is 193 g/mol. The smallest absolute Gasteiger partial charge is 0.213 e. The van der Waals surface area contributed by atoms with Crippen molar-refractivity contribution in [2.75, 3.05) is 6.61 Å². The van der Waals surface area contributed by atoms with Crippen LogP contribution < -0.4 is 4.74 Å². The van der Waals surface area contributed by atoms with Crippen LogP contribution in [0, 0.1) is 19.3 Å². The first kappa shape index (κ1) is 11.0. The molecule has 14 heavy (non-hydrogen) atoms. The first-order valence-electron chi connectivity index (χ1n) is 4.94. The van der Waals surface area contributed by atoms with Gasteiger partial charge in [0.1, 0.15) is 0 Å². The summed E-state index contributed by atoms with van der Waals surface area (Å²) in [5.41, 5.74) is 2.61. The van der Waals surface area contributed by atoms with E-state index in [1.807, 2.05) is 12.3 Å². The van der Waals surface area contributed by atoms with Gasteiger partial charge in [-0.2, -0.15) is 0 Å². The summed E-state index contributed by atoms with van der Waals surface area (Å²) in [6, 6.07) is 1.99. The van der Waals surface area contributed by atoms with E-state index in [9.17, 15) is 0 Å². The van der Waals surface area contributed by atoms with Gasteiger partial charge in [-0.05, 0) is 30.4 Å². The Balaban J connectivity index is 2.65. The molecule has 0 aromatic carbocycles. The van der Waals surface area contributed by atoms with Crippen LogP contribution in [0.5, 0.6) is 5.88 Å². The summed E-state index contributed by atoms with van der Waals surface area (Å²) in [7, 11) is 0. The average Bonchev–Trinajstić information content (AvgIpc) is 2.06. The minimum atomic E-state index is 0.181. The Hall–Kier alpha value is -1.05. The van der Waals surface area contributed by atoms with Crippen LogP contribution >= 0.6 is 0 Å². The fourth-order valence-corrected chi connectivity index (χ4v) is 0.968. The molecule has 0 N–H and O–H groups in total. The molecule has 0 spiro atoms. The van der Waals surface area contributed by atoms with Crippen molar-refractivity contribution in [2.24, 2.45) is 5.41 Å². The molecular formula is C12H19NO. The van der Waals surface area contributed by atoms with Crippen LogP contribution in [0.3, 0.4) is 0 Å². The van der Waals surface area contributed by atoms with Gasteiger partial charge in [0, 0.05) is 12.3 Å².